The Morgan fingerprint density at radius 3 is 2.47 bits per heavy atom. The van der Waals surface area contributed by atoms with Crippen LogP contribution < -0.4 is 10.6 Å². The van der Waals surface area contributed by atoms with Crippen LogP contribution in [0.1, 0.15) is 38.5 Å². The summed E-state index contributed by atoms with van der Waals surface area (Å²) in [6.07, 6.45) is 6.16. The summed E-state index contributed by atoms with van der Waals surface area (Å²) in [6.45, 7) is 0.213. The van der Waals surface area contributed by atoms with Gasteiger partial charge in [-0.25, -0.2) is 4.79 Å². The molecule has 0 radical (unpaired) electrons. The van der Waals surface area contributed by atoms with Gasteiger partial charge in [-0.1, -0.05) is 25.7 Å². The number of carbonyl (C=O) groups excluding carboxylic acids is 2. The lowest BCUT2D eigenvalue weighted by molar-refractivity contribution is -0.120. The van der Waals surface area contributed by atoms with E-state index in [-0.39, 0.29) is 24.6 Å². The van der Waals surface area contributed by atoms with E-state index in [0.29, 0.717) is 18.3 Å². The number of aliphatic hydroxyl groups excluding tert-OH is 1. The number of hydrogen-bond donors (Lipinski definition) is 3. The molecule has 0 aromatic heterocycles. The van der Waals surface area contributed by atoms with Gasteiger partial charge >= 0.3 is 6.03 Å². The van der Waals surface area contributed by atoms with E-state index < -0.39 is 0 Å². The molecule has 3 atom stereocenters. The molecule has 2 fully saturated rings. The van der Waals surface area contributed by atoms with Gasteiger partial charge in [-0.15, -0.1) is 0 Å². The van der Waals surface area contributed by atoms with Crippen LogP contribution in [0, 0.1) is 11.8 Å². The van der Waals surface area contributed by atoms with E-state index in [2.05, 4.69) is 10.6 Å². The summed E-state index contributed by atoms with van der Waals surface area (Å²) in [6, 6.07) is -0.749. The van der Waals surface area contributed by atoms with Gasteiger partial charge in [-0.2, -0.15) is 0 Å². The van der Waals surface area contributed by atoms with Crippen LogP contribution in [0.15, 0.2) is 0 Å². The number of nitrogens with one attached hydrogen (secondary N) is 2. The average Bonchev–Trinajstić information content (AvgIpc) is 2.61. The molecule has 0 aromatic rings. The first-order valence-corrected chi connectivity index (χ1v) is 6.43. The van der Waals surface area contributed by atoms with Crippen LogP contribution >= 0.6 is 0 Å². The molecule has 2 rings (SSSR count). The Morgan fingerprint density at radius 1 is 1.18 bits per heavy atom. The lowest BCUT2D eigenvalue weighted by Crippen LogP contribution is -2.34. The molecule has 1 aliphatic heterocycles. The number of carbonyl (C=O) groups is 2. The summed E-state index contributed by atoms with van der Waals surface area (Å²) in [5, 5.41) is 14.0. The molecular formula is C12H20N2O3. The van der Waals surface area contributed by atoms with Crippen molar-refractivity contribution < 1.29 is 14.7 Å². The maximum atomic E-state index is 11.5. The van der Waals surface area contributed by atoms with Gasteiger partial charge in [0.2, 0.25) is 0 Å². The molecule has 3 N–H and O–H groups in total. The normalized spacial score (nSPS) is 33.4. The predicted octanol–water partition coefficient (Wildman–Crippen LogP) is 0.773. The highest BCUT2D eigenvalue weighted by molar-refractivity contribution is 6.04. The van der Waals surface area contributed by atoms with Crippen LogP contribution in [0.2, 0.25) is 0 Å². The molecular weight excluding hydrogens is 220 g/mol. The van der Waals surface area contributed by atoms with E-state index in [4.69, 9.17) is 5.11 Å². The van der Waals surface area contributed by atoms with Crippen LogP contribution in [-0.2, 0) is 4.79 Å². The topological polar surface area (TPSA) is 78.4 Å². The van der Waals surface area contributed by atoms with Crippen molar-refractivity contribution in [2.75, 3.05) is 6.61 Å². The van der Waals surface area contributed by atoms with Gasteiger partial charge in [-0.05, 0) is 24.7 Å². The molecule has 1 saturated carbocycles. The van der Waals surface area contributed by atoms with E-state index in [1.165, 1.54) is 12.8 Å². The minimum Gasteiger partial charge on any atom is -0.396 e. The van der Waals surface area contributed by atoms with Crippen molar-refractivity contribution in [3.8, 4) is 0 Å². The second-order valence-corrected chi connectivity index (χ2v) is 5.07. The monoisotopic (exact) mass is 240 g/mol. The Hall–Kier alpha value is -1.10. The number of rotatable bonds is 4. The largest absolute Gasteiger partial charge is 0.396 e. The Labute approximate surface area is 101 Å². The number of imide groups is 1. The summed E-state index contributed by atoms with van der Waals surface area (Å²) in [5.41, 5.74) is 0. The third-order valence-electron chi connectivity index (χ3n) is 3.96. The van der Waals surface area contributed by atoms with E-state index in [0.717, 1.165) is 19.3 Å². The first-order valence-electron chi connectivity index (χ1n) is 6.43. The number of urea groups is 1. The van der Waals surface area contributed by atoms with Crippen LogP contribution in [0.3, 0.4) is 0 Å². The third kappa shape index (κ3) is 2.97. The van der Waals surface area contributed by atoms with Gasteiger partial charge in [0.05, 0.1) is 0 Å². The SMILES string of the molecule is O=C1NC(=O)C(CC2CCCCC2CCO)N1. The Kier molecular flexibility index (Phi) is 3.99. The highest BCUT2D eigenvalue weighted by Gasteiger charge is 2.34. The molecule has 1 saturated heterocycles. The number of amides is 3. The van der Waals surface area contributed by atoms with Gasteiger partial charge in [0.25, 0.3) is 5.91 Å². The van der Waals surface area contributed by atoms with Crippen molar-refractivity contribution in [2.24, 2.45) is 11.8 Å². The summed E-state index contributed by atoms with van der Waals surface area (Å²) in [7, 11) is 0. The van der Waals surface area contributed by atoms with Gasteiger partial charge in [-0.3, -0.25) is 10.1 Å². The van der Waals surface area contributed by atoms with Crippen molar-refractivity contribution in [1.29, 1.82) is 0 Å². The molecule has 3 amide bonds. The minimum absolute atomic E-state index is 0.205. The fourth-order valence-electron chi connectivity index (χ4n) is 3.07. The average molecular weight is 240 g/mol. The molecule has 1 aliphatic carbocycles. The van der Waals surface area contributed by atoms with Crippen molar-refractivity contribution >= 4 is 11.9 Å². The maximum absolute atomic E-state index is 11.5. The Balaban J connectivity index is 1.91. The fourth-order valence-corrected chi connectivity index (χ4v) is 3.07. The molecule has 1 heterocycles. The van der Waals surface area contributed by atoms with Crippen LogP contribution in [0.5, 0.6) is 0 Å². The lowest BCUT2D eigenvalue weighted by Gasteiger charge is -2.32. The number of aliphatic hydroxyl groups is 1. The minimum atomic E-state index is -0.380. The summed E-state index contributed by atoms with van der Waals surface area (Å²) < 4.78 is 0. The van der Waals surface area contributed by atoms with Crippen LogP contribution in [-0.4, -0.2) is 29.7 Å². The second-order valence-electron chi connectivity index (χ2n) is 5.07. The first kappa shape index (κ1) is 12.4. The lowest BCUT2D eigenvalue weighted by atomic mass is 9.75. The second kappa shape index (κ2) is 5.49. The van der Waals surface area contributed by atoms with Crippen LogP contribution in [0.4, 0.5) is 4.79 Å². The molecule has 0 spiro atoms. The zero-order valence-corrected chi connectivity index (χ0v) is 9.95. The quantitative estimate of drug-likeness (QED) is 0.635. The molecule has 0 aromatic carbocycles. The number of hydrogen-bond acceptors (Lipinski definition) is 3. The predicted molar refractivity (Wildman–Crippen MR) is 62.2 cm³/mol. The zero-order valence-electron chi connectivity index (χ0n) is 9.95. The van der Waals surface area contributed by atoms with Gasteiger partial charge < -0.3 is 10.4 Å². The van der Waals surface area contributed by atoms with Crippen LogP contribution in [0.25, 0.3) is 0 Å². The highest BCUT2D eigenvalue weighted by atomic mass is 16.3. The molecule has 17 heavy (non-hydrogen) atoms. The van der Waals surface area contributed by atoms with Crippen molar-refractivity contribution in [3.05, 3.63) is 0 Å². The molecule has 3 unspecified atom stereocenters. The van der Waals surface area contributed by atoms with E-state index in [1.54, 1.807) is 0 Å². The standard InChI is InChI=1S/C12H20N2O3/c15-6-5-8-3-1-2-4-9(8)7-10-11(16)14-12(17)13-10/h8-10,15H,1-7H2,(H2,13,14,16,17). The van der Waals surface area contributed by atoms with Gasteiger partial charge in [0.15, 0.2) is 0 Å². The molecule has 96 valence electrons. The molecule has 5 nitrogen and oxygen atoms in total. The Morgan fingerprint density at radius 2 is 1.88 bits per heavy atom. The summed E-state index contributed by atoms with van der Waals surface area (Å²) in [5.74, 6) is 0.743. The van der Waals surface area contributed by atoms with Gasteiger partial charge in [0.1, 0.15) is 6.04 Å². The summed E-state index contributed by atoms with van der Waals surface area (Å²) >= 11 is 0. The maximum Gasteiger partial charge on any atom is 0.322 e. The molecule has 2 aliphatic rings. The van der Waals surface area contributed by atoms with Crippen molar-refractivity contribution in [2.45, 2.75) is 44.6 Å². The highest BCUT2D eigenvalue weighted by Crippen LogP contribution is 2.35. The van der Waals surface area contributed by atoms with Gasteiger partial charge in [0, 0.05) is 6.61 Å². The third-order valence-corrected chi connectivity index (χ3v) is 3.96. The summed E-state index contributed by atoms with van der Waals surface area (Å²) in [4.78, 5) is 22.5. The zero-order chi connectivity index (χ0) is 12.3. The Bertz CT molecular complexity index is 304. The van der Waals surface area contributed by atoms with E-state index in [9.17, 15) is 9.59 Å². The smallest absolute Gasteiger partial charge is 0.322 e. The van der Waals surface area contributed by atoms with Crippen molar-refractivity contribution in [1.82, 2.24) is 10.6 Å². The molecule has 5 heteroatoms. The molecule has 0 bridgehead atoms. The first-order chi connectivity index (χ1) is 8.20. The van der Waals surface area contributed by atoms with E-state index in [1.807, 2.05) is 0 Å². The van der Waals surface area contributed by atoms with E-state index >= 15 is 0 Å². The fraction of sp³-hybridized carbons (Fsp3) is 0.833. The van der Waals surface area contributed by atoms with Crippen molar-refractivity contribution in [3.63, 3.8) is 0 Å².